The molecule has 3 aromatic heterocycles. The maximum Gasteiger partial charge on any atom is 0.261 e. The summed E-state index contributed by atoms with van der Waals surface area (Å²) in [6, 6.07) is 10.2. The van der Waals surface area contributed by atoms with E-state index in [1.807, 2.05) is 25.1 Å². The number of nitrogens with zero attached hydrogens (tertiary/aromatic N) is 6. The van der Waals surface area contributed by atoms with Crippen molar-refractivity contribution in [2.24, 2.45) is 0 Å². The number of aromatic nitrogens is 5. The maximum absolute atomic E-state index is 13.9. The minimum absolute atomic E-state index is 0.178. The normalized spacial score (nSPS) is 16.8. The predicted octanol–water partition coefficient (Wildman–Crippen LogP) is 4.55. The Kier molecular flexibility index (Phi) is 7.13. The van der Waals surface area contributed by atoms with E-state index in [-0.39, 0.29) is 12.1 Å². The molecule has 0 radical (unpaired) electrons. The summed E-state index contributed by atoms with van der Waals surface area (Å²) < 4.78 is 1.67. The number of pyridine rings is 1. The molecule has 9 heteroatoms. The van der Waals surface area contributed by atoms with Crippen LogP contribution in [0.15, 0.2) is 66.4 Å². The second-order valence-corrected chi connectivity index (χ2v) is 10.7. The van der Waals surface area contributed by atoms with Gasteiger partial charge < -0.3 is 15.5 Å². The van der Waals surface area contributed by atoms with Gasteiger partial charge in [-0.25, -0.2) is 4.98 Å². The van der Waals surface area contributed by atoms with Crippen LogP contribution >= 0.6 is 0 Å². The highest BCUT2D eigenvalue weighted by Crippen LogP contribution is 2.29. The molecule has 0 saturated carbocycles. The van der Waals surface area contributed by atoms with Crippen LogP contribution in [0.1, 0.15) is 54.1 Å². The Morgan fingerprint density at radius 2 is 2.00 bits per heavy atom. The lowest BCUT2D eigenvalue weighted by molar-refractivity contribution is 0.590. The summed E-state index contributed by atoms with van der Waals surface area (Å²) in [5.74, 6) is 0.977. The highest BCUT2D eigenvalue weighted by Gasteiger charge is 2.20. The zero-order valence-electron chi connectivity index (χ0n) is 23.0. The van der Waals surface area contributed by atoms with Gasteiger partial charge in [0.05, 0.1) is 23.5 Å². The molecular weight excluding hydrogens is 500 g/mol. The first kappa shape index (κ1) is 25.9. The van der Waals surface area contributed by atoms with E-state index in [4.69, 9.17) is 4.98 Å². The molecule has 1 saturated heterocycles. The Balaban J connectivity index is 1.40. The Labute approximate surface area is 233 Å². The summed E-state index contributed by atoms with van der Waals surface area (Å²) in [4.78, 5) is 34.5. The average molecular weight is 535 g/mol. The van der Waals surface area contributed by atoms with Crippen molar-refractivity contribution in [1.82, 2.24) is 34.7 Å². The lowest BCUT2D eigenvalue weighted by Crippen LogP contribution is -2.28. The molecule has 0 spiro atoms. The minimum atomic E-state index is -0.178. The van der Waals surface area contributed by atoms with Gasteiger partial charge in [-0.3, -0.25) is 19.3 Å². The van der Waals surface area contributed by atoms with Crippen LogP contribution in [0.25, 0.3) is 22.3 Å². The second-order valence-electron chi connectivity index (χ2n) is 10.7. The van der Waals surface area contributed by atoms with Crippen LogP contribution in [0.2, 0.25) is 0 Å². The summed E-state index contributed by atoms with van der Waals surface area (Å²) >= 11 is 0. The number of anilines is 2. The van der Waals surface area contributed by atoms with Gasteiger partial charge in [0.15, 0.2) is 0 Å². The number of nitrogens with one attached hydrogen (secondary N) is 2. The third-order valence-corrected chi connectivity index (χ3v) is 7.80. The first-order valence-corrected chi connectivity index (χ1v) is 13.8. The minimum Gasteiger partial charge on any atom is -0.377 e. The Morgan fingerprint density at radius 1 is 1.18 bits per heavy atom. The first-order valence-electron chi connectivity index (χ1n) is 13.8. The molecule has 4 aromatic rings. The number of rotatable bonds is 8. The monoisotopic (exact) mass is 534 g/mol. The van der Waals surface area contributed by atoms with Crippen molar-refractivity contribution in [1.29, 1.82) is 0 Å². The van der Waals surface area contributed by atoms with Crippen molar-refractivity contribution in [3.05, 3.63) is 94.4 Å². The van der Waals surface area contributed by atoms with Gasteiger partial charge in [-0.15, -0.1) is 0 Å². The molecular formula is C31H34N8O. The molecule has 40 heavy (non-hydrogen) atoms. The van der Waals surface area contributed by atoms with Crippen molar-refractivity contribution in [3.63, 3.8) is 0 Å². The fourth-order valence-electron chi connectivity index (χ4n) is 5.51. The maximum atomic E-state index is 13.9. The molecule has 1 aliphatic heterocycles. The van der Waals surface area contributed by atoms with Gasteiger partial charge in [0, 0.05) is 56.0 Å². The van der Waals surface area contributed by atoms with Crippen LogP contribution < -0.4 is 16.2 Å². The molecule has 1 aliphatic carbocycles. The zero-order valence-corrected chi connectivity index (χ0v) is 23.0. The Hall–Kier alpha value is -4.37. The van der Waals surface area contributed by atoms with Gasteiger partial charge in [0.25, 0.3) is 5.56 Å². The third kappa shape index (κ3) is 5.12. The van der Waals surface area contributed by atoms with Crippen molar-refractivity contribution in [3.8, 4) is 0 Å². The standard InChI is InChI=1S/C31H34N8O/c1-20(38(2)3)26-16-24-18-35-31(36-25-10-8-21(9-11-25)23-12-13-32-17-23)37-29(24)39(30(26)40)19-27-28(34-15-14-33-27)22-6-4-5-7-22/h6,8-11,14-16,18,23,32H,1,4-5,7,12-13,17,19H2,2-3H3,(H,35,36,37). The number of benzene rings is 1. The summed E-state index contributed by atoms with van der Waals surface area (Å²) in [6.45, 7) is 6.47. The number of hydrogen-bond donors (Lipinski definition) is 2. The molecule has 2 N–H and O–H groups in total. The van der Waals surface area contributed by atoms with Gasteiger partial charge >= 0.3 is 0 Å². The van der Waals surface area contributed by atoms with E-state index in [0.29, 0.717) is 28.8 Å². The quantitative estimate of drug-likeness (QED) is 0.340. The van der Waals surface area contributed by atoms with E-state index in [0.717, 1.165) is 61.2 Å². The van der Waals surface area contributed by atoms with Gasteiger partial charge in [-0.2, -0.15) is 4.98 Å². The van der Waals surface area contributed by atoms with E-state index in [9.17, 15) is 4.79 Å². The van der Waals surface area contributed by atoms with Crippen LogP contribution in [0.3, 0.4) is 0 Å². The van der Waals surface area contributed by atoms with E-state index in [1.165, 1.54) is 11.1 Å². The van der Waals surface area contributed by atoms with E-state index in [1.54, 1.807) is 23.2 Å². The molecule has 6 rings (SSSR count). The first-order chi connectivity index (χ1) is 19.5. The molecule has 0 amide bonds. The molecule has 1 fully saturated rings. The van der Waals surface area contributed by atoms with E-state index < -0.39 is 0 Å². The molecule has 2 aliphatic rings. The van der Waals surface area contributed by atoms with Gasteiger partial charge in [0.1, 0.15) is 5.65 Å². The predicted molar refractivity (Wildman–Crippen MR) is 159 cm³/mol. The van der Waals surface area contributed by atoms with Gasteiger partial charge in [0.2, 0.25) is 5.95 Å². The third-order valence-electron chi connectivity index (χ3n) is 7.80. The summed E-state index contributed by atoms with van der Waals surface area (Å²) in [6.07, 6.45) is 11.6. The van der Waals surface area contributed by atoms with Crippen LogP contribution in [0.4, 0.5) is 11.6 Å². The summed E-state index contributed by atoms with van der Waals surface area (Å²) in [7, 11) is 3.75. The molecule has 1 atom stereocenters. The molecule has 1 unspecified atom stereocenters. The highest BCUT2D eigenvalue weighted by molar-refractivity contribution is 5.80. The molecule has 204 valence electrons. The Bertz CT molecular complexity index is 1650. The van der Waals surface area contributed by atoms with Crippen molar-refractivity contribution in [2.45, 2.75) is 38.1 Å². The smallest absolute Gasteiger partial charge is 0.261 e. The van der Waals surface area contributed by atoms with E-state index in [2.05, 4.69) is 62.5 Å². The van der Waals surface area contributed by atoms with Crippen LogP contribution in [0, 0.1) is 0 Å². The van der Waals surface area contributed by atoms with Crippen molar-refractivity contribution in [2.75, 3.05) is 32.5 Å². The van der Waals surface area contributed by atoms with Gasteiger partial charge in [-0.05, 0) is 67.5 Å². The van der Waals surface area contributed by atoms with Crippen LogP contribution in [-0.2, 0) is 6.54 Å². The lowest BCUT2D eigenvalue weighted by atomic mass is 9.98. The summed E-state index contributed by atoms with van der Waals surface area (Å²) in [5.41, 5.74) is 6.48. The Morgan fingerprint density at radius 3 is 2.73 bits per heavy atom. The van der Waals surface area contributed by atoms with Crippen LogP contribution in [-0.4, -0.2) is 56.6 Å². The molecule has 9 nitrogen and oxygen atoms in total. The second kappa shape index (κ2) is 11.0. The fourth-order valence-corrected chi connectivity index (χ4v) is 5.51. The lowest BCUT2D eigenvalue weighted by Gasteiger charge is -2.19. The zero-order chi connectivity index (χ0) is 27.6. The van der Waals surface area contributed by atoms with Crippen molar-refractivity contribution < 1.29 is 0 Å². The largest absolute Gasteiger partial charge is 0.377 e. The van der Waals surface area contributed by atoms with E-state index >= 15 is 0 Å². The van der Waals surface area contributed by atoms with Gasteiger partial charge in [-0.1, -0.05) is 24.8 Å². The average Bonchev–Trinajstić information content (AvgIpc) is 3.70. The van der Waals surface area contributed by atoms with Crippen molar-refractivity contribution >= 4 is 33.9 Å². The number of fused-ring (bicyclic) bond motifs is 1. The summed E-state index contributed by atoms with van der Waals surface area (Å²) in [5, 5.41) is 7.49. The SMILES string of the molecule is C=C(c1cc2cnc(Nc3ccc(C4CCNC4)cc3)nc2n(Cc2nccnc2C2=CCCC2)c1=O)N(C)C. The van der Waals surface area contributed by atoms with Crippen LogP contribution in [0.5, 0.6) is 0 Å². The number of allylic oxidation sites excluding steroid dienone is 2. The number of hydrogen-bond acceptors (Lipinski definition) is 8. The topological polar surface area (TPSA) is 101 Å². The molecule has 1 aromatic carbocycles. The molecule has 0 bridgehead atoms. The molecule has 4 heterocycles. The highest BCUT2D eigenvalue weighted by atomic mass is 16.1. The fraction of sp³-hybridized carbons (Fsp3) is 0.323.